The standard InChI is InChI=1S/C14H18N4O.ClH/c1-18(12-8-15-9-12)10-14-16-13(17-19-14)7-11-5-3-2-4-6-11;/h2-6,12,15H,7-10H2,1H3;1H. The van der Waals surface area contributed by atoms with Crippen LogP contribution in [0.4, 0.5) is 0 Å². The van der Waals surface area contributed by atoms with E-state index in [1.165, 1.54) is 5.56 Å². The summed E-state index contributed by atoms with van der Waals surface area (Å²) < 4.78 is 5.30. The number of rotatable bonds is 5. The molecule has 1 N–H and O–H groups in total. The van der Waals surface area contributed by atoms with Gasteiger partial charge in [0.25, 0.3) is 0 Å². The minimum atomic E-state index is 0. The molecule has 1 aliphatic rings. The summed E-state index contributed by atoms with van der Waals surface area (Å²) in [6, 6.07) is 10.8. The van der Waals surface area contributed by atoms with E-state index in [-0.39, 0.29) is 12.4 Å². The first-order valence-corrected chi connectivity index (χ1v) is 6.57. The number of nitrogens with zero attached hydrogens (tertiary/aromatic N) is 3. The quantitative estimate of drug-likeness (QED) is 0.905. The van der Waals surface area contributed by atoms with Crippen molar-refractivity contribution in [2.45, 2.75) is 19.0 Å². The van der Waals surface area contributed by atoms with Gasteiger partial charge in [-0.25, -0.2) is 0 Å². The second-order valence-electron chi connectivity index (χ2n) is 4.99. The lowest BCUT2D eigenvalue weighted by Gasteiger charge is -2.34. The third kappa shape index (κ3) is 3.56. The van der Waals surface area contributed by atoms with Gasteiger partial charge in [0.05, 0.1) is 6.54 Å². The predicted molar refractivity (Wildman–Crippen MR) is 78.9 cm³/mol. The van der Waals surface area contributed by atoms with E-state index in [1.54, 1.807) is 0 Å². The molecule has 3 rings (SSSR count). The highest BCUT2D eigenvalue weighted by Crippen LogP contribution is 2.10. The van der Waals surface area contributed by atoms with Gasteiger partial charge in [-0.15, -0.1) is 12.4 Å². The molecule has 108 valence electrons. The van der Waals surface area contributed by atoms with E-state index in [1.807, 2.05) is 18.2 Å². The molecule has 0 amide bonds. The molecule has 0 spiro atoms. The topological polar surface area (TPSA) is 54.2 Å². The van der Waals surface area contributed by atoms with Crippen molar-refractivity contribution in [3.05, 3.63) is 47.6 Å². The van der Waals surface area contributed by atoms with Gasteiger partial charge in [0.1, 0.15) is 0 Å². The third-order valence-electron chi connectivity index (χ3n) is 3.48. The van der Waals surface area contributed by atoms with Crippen LogP contribution >= 0.6 is 12.4 Å². The molecule has 1 fully saturated rings. The van der Waals surface area contributed by atoms with Crippen LogP contribution in [-0.4, -0.2) is 41.2 Å². The highest BCUT2D eigenvalue weighted by atomic mass is 35.5. The van der Waals surface area contributed by atoms with Crippen LogP contribution in [0, 0.1) is 0 Å². The number of hydrogen-bond acceptors (Lipinski definition) is 5. The second-order valence-corrected chi connectivity index (χ2v) is 4.99. The Morgan fingerprint density at radius 1 is 1.30 bits per heavy atom. The van der Waals surface area contributed by atoms with Gasteiger partial charge in [-0.3, -0.25) is 4.90 Å². The van der Waals surface area contributed by atoms with Crippen LogP contribution in [-0.2, 0) is 13.0 Å². The Bertz CT molecular complexity index is 527. The van der Waals surface area contributed by atoms with E-state index in [0.29, 0.717) is 18.5 Å². The first-order valence-electron chi connectivity index (χ1n) is 6.57. The SMILES string of the molecule is CN(Cc1nc(Cc2ccccc2)no1)C1CNC1.Cl. The van der Waals surface area contributed by atoms with E-state index in [4.69, 9.17) is 4.52 Å². The fourth-order valence-electron chi connectivity index (χ4n) is 2.13. The van der Waals surface area contributed by atoms with Crippen LogP contribution in [0.15, 0.2) is 34.9 Å². The molecule has 20 heavy (non-hydrogen) atoms. The van der Waals surface area contributed by atoms with Crippen molar-refractivity contribution < 1.29 is 4.52 Å². The lowest BCUT2D eigenvalue weighted by atomic mass is 10.1. The van der Waals surface area contributed by atoms with Crippen molar-refractivity contribution in [3.8, 4) is 0 Å². The molecule has 0 radical (unpaired) electrons. The summed E-state index contributed by atoms with van der Waals surface area (Å²) in [5.74, 6) is 1.45. The normalized spacial score (nSPS) is 14.9. The Balaban J connectivity index is 0.00000147. The van der Waals surface area contributed by atoms with Crippen molar-refractivity contribution in [2.75, 3.05) is 20.1 Å². The molecule has 2 heterocycles. The van der Waals surface area contributed by atoms with Crippen LogP contribution < -0.4 is 5.32 Å². The predicted octanol–water partition coefficient (Wildman–Crippen LogP) is 1.49. The number of nitrogens with one attached hydrogen (secondary N) is 1. The minimum absolute atomic E-state index is 0. The first-order chi connectivity index (χ1) is 9.31. The van der Waals surface area contributed by atoms with Gasteiger partial charge in [0.2, 0.25) is 5.89 Å². The zero-order valence-corrected chi connectivity index (χ0v) is 12.3. The average Bonchev–Trinajstić information content (AvgIpc) is 2.75. The van der Waals surface area contributed by atoms with E-state index in [2.05, 4.69) is 39.5 Å². The highest BCUT2D eigenvalue weighted by molar-refractivity contribution is 5.85. The number of likely N-dealkylation sites (N-methyl/N-ethyl adjacent to an activating group) is 1. The number of benzene rings is 1. The molecule has 6 heteroatoms. The van der Waals surface area contributed by atoms with Crippen molar-refractivity contribution in [2.24, 2.45) is 0 Å². The summed E-state index contributed by atoms with van der Waals surface area (Å²) in [7, 11) is 2.09. The number of hydrogen-bond donors (Lipinski definition) is 1. The molecule has 5 nitrogen and oxygen atoms in total. The fraction of sp³-hybridized carbons (Fsp3) is 0.429. The summed E-state index contributed by atoms with van der Waals surface area (Å²) >= 11 is 0. The molecule has 0 aliphatic carbocycles. The van der Waals surface area contributed by atoms with Gasteiger partial charge in [-0.2, -0.15) is 4.98 Å². The molecule has 1 aromatic heterocycles. The van der Waals surface area contributed by atoms with E-state index < -0.39 is 0 Å². The van der Waals surface area contributed by atoms with Crippen LogP contribution in [0.3, 0.4) is 0 Å². The van der Waals surface area contributed by atoms with Gasteiger partial charge >= 0.3 is 0 Å². The van der Waals surface area contributed by atoms with Crippen molar-refractivity contribution in [1.82, 2.24) is 20.4 Å². The van der Waals surface area contributed by atoms with E-state index >= 15 is 0 Å². The van der Waals surface area contributed by atoms with Crippen LogP contribution in [0.5, 0.6) is 0 Å². The average molecular weight is 295 g/mol. The molecule has 0 saturated carbocycles. The minimum Gasteiger partial charge on any atom is -0.338 e. The van der Waals surface area contributed by atoms with Crippen molar-refractivity contribution >= 4 is 12.4 Å². The van der Waals surface area contributed by atoms with E-state index in [9.17, 15) is 0 Å². The van der Waals surface area contributed by atoms with Gasteiger partial charge in [0, 0.05) is 25.6 Å². The molecule has 2 aromatic rings. The summed E-state index contributed by atoms with van der Waals surface area (Å²) in [6.45, 7) is 2.80. The Labute approximate surface area is 124 Å². The lowest BCUT2D eigenvalue weighted by Crippen LogP contribution is -2.55. The van der Waals surface area contributed by atoms with Crippen LogP contribution in [0.1, 0.15) is 17.3 Å². The summed E-state index contributed by atoms with van der Waals surface area (Å²) in [4.78, 5) is 6.69. The van der Waals surface area contributed by atoms with Gasteiger partial charge in [0.15, 0.2) is 5.82 Å². The summed E-state index contributed by atoms with van der Waals surface area (Å²) in [6.07, 6.45) is 0.721. The first kappa shape index (κ1) is 15.0. The fourth-order valence-corrected chi connectivity index (χ4v) is 2.13. The molecule has 0 bridgehead atoms. The Hall–Kier alpha value is -1.43. The van der Waals surface area contributed by atoms with E-state index in [0.717, 1.165) is 25.3 Å². The Morgan fingerprint density at radius 2 is 2.05 bits per heavy atom. The molecular weight excluding hydrogens is 276 g/mol. The van der Waals surface area contributed by atoms with Crippen LogP contribution in [0.2, 0.25) is 0 Å². The molecule has 1 saturated heterocycles. The molecule has 0 atom stereocenters. The Kier molecular flexibility index (Phi) is 5.11. The van der Waals surface area contributed by atoms with Crippen molar-refractivity contribution in [1.29, 1.82) is 0 Å². The van der Waals surface area contributed by atoms with Gasteiger partial charge in [-0.1, -0.05) is 35.5 Å². The van der Waals surface area contributed by atoms with Crippen LogP contribution in [0.25, 0.3) is 0 Å². The number of halogens is 1. The maximum atomic E-state index is 5.30. The molecule has 0 unspecified atom stereocenters. The third-order valence-corrected chi connectivity index (χ3v) is 3.48. The van der Waals surface area contributed by atoms with Crippen molar-refractivity contribution in [3.63, 3.8) is 0 Å². The largest absolute Gasteiger partial charge is 0.338 e. The monoisotopic (exact) mass is 294 g/mol. The molecule has 1 aromatic carbocycles. The van der Waals surface area contributed by atoms with Gasteiger partial charge < -0.3 is 9.84 Å². The number of aromatic nitrogens is 2. The van der Waals surface area contributed by atoms with Gasteiger partial charge in [-0.05, 0) is 12.6 Å². The molecule has 1 aliphatic heterocycles. The lowest BCUT2D eigenvalue weighted by molar-refractivity contribution is 0.155. The zero-order valence-electron chi connectivity index (χ0n) is 11.5. The maximum Gasteiger partial charge on any atom is 0.240 e. The maximum absolute atomic E-state index is 5.30. The Morgan fingerprint density at radius 3 is 2.70 bits per heavy atom. The molecular formula is C14H19ClN4O. The highest BCUT2D eigenvalue weighted by Gasteiger charge is 2.22. The summed E-state index contributed by atoms with van der Waals surface area (Å²) in [5, 5.41) is 7.30. The summed E-state index contributed by atoms with van der Waals surface area (Å²) in [5.41, 5.74) is 1.20. The smallest absolute Gasteiger partial charge is 0.240 e. The second kappa shape index (κ2) is 6.83. The zero-order chi connectivity index (χ0) is 13.1.